The summed E-state index contributed by atoms with van der Waals surface area (Å²) >= 11 is 0. The zero-order valence-electron chi connectivity index (χ0n) is 24.9. The average molecular weight is 567 g/mol. The van der Waals surface area contributed by atoms with E-state index < -0.39 is 5.54 Å². The molecule has 2 aromatic rings. The minimum atomic E-state index is -0.480. The summed E-state index contributed by atoms with van der Waals surface area (Å²) in [7, 11) is 0. The lowest BCUT2D eigenvalue weighted by atomic mass is 9.78. The molecule has 0 aliphatic carbocycles. The molecule has 40 heavy (non-hydrogen) atoms. The Morgan fingerprint density at radius 3 is 1.45 bits per heavy atom. The van der Waals surface area contributed by atoms with Crippen LogP contribution in [0.5, 0.6) is 0 Å². The highest BCUT2D eigenvalue weighted by Gasteiger charge is 2.44. The Kier molecular flexibility index (Phi) is 11.5. The van der Waals surface area contributed by atoms with E-state index in [2.05, 4.69) is 82.0 Å². The molecule has 3 saturated heterocycles. The summed E-state index contributed by atoms with van der Waals surface area (Å²) in [5.41, 5.74) is 4.71. The second-order valence-corrected chi connectivity index (χ2v) is 12.5. The molecule has 220 valence electrons. The summed E-state index contributed by atoms with van der Waals surface area (Å²) in [6.45, 7) is 13.9. The van der Waals surface area contributed by atoms with Crippen molar-refractivity contribution in [2.75, 3.05) is 45.8 Å². The van der Waals surface area contributed by atoms with Crippen molar-refractivity contribution in [1.82, 2.24) is 19.6 Å². The van der Waals surface area contributed by atoms with Crippen LogP contribution < -0.4 is 0 Å². The van der Waals surface area contributed by atoms with Gasteiger partial charge in [-0.1, -0.05) is 74.2 Å². The molecule has 5 rings (SSSR count). The first kappa shape index (κ1) is 31.0. The Labute approximate surface area is 249 Å². The number of hydrogen-bond donors (Lipinski definition) is 0. The maximum Gasteiger partial charge on any atom is 0.210 e. The normalized spacial score (nSPS) is 21.4. The quantitative estimate of drug-likeness (QED) is 0.351. The number of carbonyl (C=O) groups is 1. The molecule has 0 saturated carbocycles. The Morgan fingerprint density at radius 1 is 0.650 bits per heavy atom. The number of piperazine rings is 1. The molecule has 0 unspecified atom stereocenters. The van der Waals surface area contributed by atoms with Gasteiger partial charge in [-0.05, 0) is 88.0 Å². The summed E-state index contributed by atoms with van der Waals surface area (Å²) in [4.78, 5) is 22.4. The van der Waals surface area contributed by atoms with Crippen molar-refractivity contribution in [3.63, 3.8) is 0 Å². The molecular weight excluding hydrogens is 516 g/mol. The van der Waals surface area contributed by atoms with Crippen LogP contribution in [0.4, 0.5) is 0 Å². The van der Waals surface area contributed by atoms with Crippen LogP contribution in [0.1, 0.15) is 87.5 Å². The summed E-state index contributed by atoms with van der Waals surface area (Å²) in [6.07, 6.45) is 11.8. The second kappa shape index (κ2) is 14.8. The van der Waals surface area contributed by atoms with Crippen LogP contribution in [0.2, 0.25) is 0 Å². The van der Waals surface area contributed by atoms with Gasteiger partial charge in [0.1, 0.15) is 5.54 Å². The van der Waals surface area contributed by atoms with E-state index in [-0.39, 0.29) is 12.4 Å². The fourth-order valence-electron chi connectivity index (χ4n) is 7.03. The Bertz CT molecular complexity index is 959. The maximum atomic E-state index is 12.6. The summed E-state index contributed by atoms with van der Waals surface area (Å²) in [6, 6.07) is 18.9. The Hall–Kier alpha value is -1.92. The first-order chi connectivity index (χ1) is 19.1. The third-order valence-electron chi connectivity index (χ3n) is 9.48. The lowest BCUT2D eigenvalue weighted by Gasteiger charge is -2.51. The predicted octanol–water partition coefficient (Wildman–Crippen LogP) is 6.29. The monoisotopic (exact) mass is 566 g/mol. The number of amides is 1. The summed E-state index contributed by atoms with van der Waals surface area (Å²) in [5, 5.41) is 0. The highest BCUT2D eigenvalue weighted by atomic mass is 35.5. The molecule has 0 bridgehead atoms. The smallest absolute Gasteiger partial charge is 0.210 e. The molecule has 3 heterocycles. The number of likely N-dealkylation sites (tertiary alicyclic amines) is 2. The second-order valence-electron chi connectivity index (χ2n) is 12.5. The van der Waals surface area contributed by atoms with Crippen molar-refractivity contribution in [3.8, 4) is 0 Å². The summed E-state index contributed by atoms with van der Waals surface area (Å²) < 4.78 is 0. The number of halogens is 1. The molecule has 1 amide bonds. The third-order valence-corrected chi connectivity index (χ3v) is 9.48. The van der Waals surface area contributed by atoms with Crippen LogP contribution in [0.15, 0.2) is 48.5 Å². The van der Waals surface area contributed by atoms with Crippen LogP contribution >= 0.6 is 12.4 Å². The van der Waals surface area contributed by atoms with Gasteiger partial charge in [-0.25, -0.2) is 0 Å². The minimum absolute atomic E-state index is 0. The number of nitrogens with zero attached hydrogens (tertiary/aromatic N) is 4. The highest BCUT2D eigenvalue weighted by molar-refractivity contribution is 5.85. The Morgan fingerprint density at radius 2 is 1.07 bits per heavy atom. The van der Waals surface area contributed by atoms with Crippen LogP contribution in [0.25, 0.3) is 0 Å². The van der Waals surface area contributed by atoms with Gasteiger partial charge in [0, 0.05) is 38.8 Å². The minimum Gasteiger partial charge on any atom is -0.329 e. The summed E-state index contributed by atoms with van der Waals surface area (Å²) in [5.74, 6) is 0. The van der Waals surface area contributed by atoms with E-state index in [0.29, 0.717) is 6.04 Å². The van der Waals surface area contributed by atoms with E-state index >= 15 is 0 Å². The Balaban J connectivity index is 0.00000370. The van der Waals surface area contributed by atoms with Gasteiger partial charge >= 0.3 is 0 Å². The van der Waals surface area contributed by atoms with Gasteiger partial charge in [0.25, 0.3) is 0 Å². The molecule has 0 aromatic heterocycles. The van der Waals surface area contributed by atoms with Crippen molar-refractivity contribution in [3.05, 3.63) is 70.8 Å². The fraction of sp³-hybridized carbons (Fsp3) is 0.618. The van der Waals surface area contributed by atoms with E-state index in [0.717, 1.165) is 39.1 Å². The van der Waals surface area contributed by atoms with Gasteiger partial charge < -0.3 is 4.90 Å². The van der Waals surface area contributed by atoms with Crippen LogP contribution in [-0.4, -0.2) is 77.9 Å². The molecule has 0 atom stereocenters. The maximum absolute atomic E-state index is 12.6. The zero-order chi connectivity index (χ0) is 27.1. The van der Waals surface area contributed by atoms with Crippen molar-refractivity contribution < 1.29 is 4.79 Å². The van der Waals surface area contributed by atoms with E-state index in [1.54, 1.807) is 0 Å². The van der Waals surface area contributed by atoms with Crippen molar-refractivity contribution in [1.29, 1.82) is 0 Å². The van der Waals surface area contributed by atoms with Crippen LogP contribution in [-0.2, 0) is 23.4 Å². The van der Waals surface area contributed by atoms with Crippen LogP contribution in [0.3, 0.4) is 0 Å². The SMILES string of the molecule is CC(C)N1CCN(C=O)C(c2ccc(CN3CCCCCC3)cc2)(c2ccc(CN3CCCCCC3)cc2)C1.Cl. The molecule has 5 nitrogen and oxygen atoms in total. The number of benzene rings is 2. The topological polar surface area (TPSA) is 30.0 Å². The largest absolute Gasteiger partial charge is 0.329 e. The van der Waals surface area contributed by atoms with E-state index in [9.17, 15) is 4.79 Å². The third kappa shape index (κ3) is 7.28. The first-order valence-corrected chi connectivity index (χ1v) is 15.7. The van der Waals surface area contributed by atoms with E-state index in [4.69, 9.17) is 0 Å². The van der Waals surface area contributed by atoms with Crippen molar-refractivity contribution >= 4 is 18.8 Å². The highest BCUT2D eigenvalue weighted by Crippen LogP contribution is 2.39. The zero-order valence-corrected chi connectivity index (χ0v) is 25.7. The predicted molar refractivity (Wildman–Crippen MR) is 168 cm³/mol. The molecule has 2 aromatic carbocycles. The van der Waals surface area contributed by atoms with Gasteiger partial charge in [0.2, 0.25) is 6.41 Å². The fourth-order valence-corrected chi connectivity index (χ4v) is 7.03. The molecule has 3 aliphatic heterocycles. The van der Waals surface area contributed by atoms with Crippen LogP contribution in [0, 0.1) is 0 Å². The molecular formula is C34H51ClN4O. The van der Waals surface area contributed by atoms with Gasteiger partial charge in [-0.2, -0.15) is 0 Å². The van der Waals surface area contributed by atoms with E-state index in [1.807, 2.05) is 0 Å². The molecule has 0 spiro atoms. The van der Waals surface area contributed by atoms with Crippen molar-refractivity contribution in [2.24, 2.45) is 0 Å². The van der Waals surface area contributed by atoms with Gasteiger partial charge in [-0.15, -0.1) is 12.4 Å². The molecule has 3 aliphatic rings. The first-order valence-electron chi connectivity index (χ1n) is 15.7. The van der Waals surface area contributed by atoms with E-state index in [1.165, 1.54) is 99.8 Å². The van der Waals surface area contributed by atoms with Gasteiger partial charge in [0.15, 0.2) is 0 Å². The van der Waals surface area contributed by atoms with Gasteiger partial charge in [0.05, 0.1) is 0 Å². The molecule has 0 radical (unpaired) electrons. The number of rotatable bonds is 8. The van der Waals surface area contributed by atoms with Crippen molar-refractivity contribution in [2.45, 2.75) is 89.9 Å². The molecule has 6 heteroatoms. The number of carbonyl (C=O) groups excluding carboxylic acids is 1. The average Bonchev–Trinajstić information content (AvgIpc) is 3.38. The molecule has 0 N–H and O–H groups in total. The molecule has 3 fully saturated rings. The number of hydrogen-bond acceptors (Lipinski definition) is 4. The standard InChI is InChI=1S/C34H50N4O.ClH/c1-29(2)37-23-24-38(28-39)34(27-37,32-15-11-30(12-16-32)25-35-19-7-3-4-8-20-35)33-17-13-31(14-18-33)26-36-21-9-5-6-10-22-36;/h11-18,28-29H,3-10,19-27H2,1-2H3;1H. The lowest BCUT2D eigenvalue weighted by molar-refractivity contribution is -0.127. The van der Waals surface area contributed by atoms with Gasteiger partial charge in [-0.3, -0.25) is 19.5 Å². The lowest BCUT2D eigenvalue weighted by Crippen LogP contribution is -2.61.